The number of piperidine rings is 1. The molecular weight excluding hydrogens is 855 g/mol. The van der Waals surface area contributed by atoms with Crippen LogP contribution >= 0.6 is 0 Å². The van der Waals surface area contributed by atoms with Crippen LogP contribution in [0.25, 0.3) is 0 Å². The van der Waals surface area contributed by atoms with Gasteiger partial charge in [-0.25, -0.2) is 9.59 Å². The number of hydrogen-bond acceptors (Lipinski definition) is 11. The minimum Gasteiger partial charge on any atom is -0.467 e. The number of carbonyl (C=O) groups excluding carboxylic acids is 8. The largest absolute Gasteiger partial charge is 0.467 e. The molecule has 0 N–H and O–H groups in total. The lowest BCUT2D eigenvalue weighted by molar-refractivity contribution is -0.159. The molecule has 0 aromatic heterocycles. The first kappa shape index (κ1) is 52.7. The fraction of sp³-hybridized carbons (Fsp3) is 0.396. The van der Waals surface area contributed by atoms with Crippen molar-refractivity contribution in [2.24, 2.45) is 0 Å². The summed E-state index contributed by atoms with van der Waals surface area (Å²) in [6.07, 6.45) is 2.16. The molecule has 0 aliphatic carbocycles. The molecule has 2 heterocycles. The molecule has 0 radical (unpaired) electrons. The van der Waals surface area contributed by atoms with Crippen LogP contribution in [0.2, 0.25) is 0 Å². The van der Waals surface area contributed by atoms with Crippen LogP contribution in [-0.4, -0.2) is 120 Å². The van der Waals surface area contributed by atoms with Crippen molar-refractivity contribution in [3.05, 3.63) is 144 Å². The lowest BCUT2D eigenvalue weighted by Gasteiger charge is -2.41. The van der Waals surface area contributed by atoms with Gasteiger partial charge in [-0.05, 0) is 76.1 Å². The maximum Gasteiger partial charge on any atom is 0.330 e. The second-order valence-electron chi connectivity index (χ2n) is 17.3. The predicted octanol–water partition coefficient (Wildman–Crippen LogP) is 6.69. The Kier molecular flexibility index (Phi) is 20.2. The molecule has 2 aliphatic heterocycles. The van der Waals surface area contributed by atoms with Crippen LogP contribution in [0.1, 0.15) is 101 Å². The molecule has 0 unspecified atom stereocenters. The highest BCUT2D eigenvalue weighted by atomic mass is 16.6. The SMILES string of the molecule is CC(=O)CC(=O)OC(C)(C)C.COC(=O)[C@@H]1CCCCN1C(=O)C(c1ccccc1)c1ccccc1.COC(=O)[C@@H]1CN(C(=O)CC(C)=O)CCN1C(=O)C(c1ccccc1)c1ccccc1. The number of benzene rings is 4. The maximum absolute atomic E-state index is 13.7. The van der Waals surface area contributed by atoms with Gasteiger partial charge in [-0.15, -0.1) is 0 Å². The Labute approximate surface area is 393 Å². The highest BCUT2D eigenvalue weighted by Crippen LogP contribution is 2.31. The van der Waals surface area contributed by atoms with Gasteiger partial charge in [0.2, 0.25) is 17.7 Å². The molecule has 2 saturated heterocycles. The van der Waals surface area contributed by atoms with E-state index in [2.05, 4.69) is 0 Å². The Balaban J connectivity index is 0.000000243. The third kappa shape index (κ3) is 15.9. The van der Waals surface area contributed by atoms with Gasteiger partial charge in [0.1, 0.15) is 35.7 Å². The molecule has 3 amide bonds. The highest BCUT2D eigenvalue weighted by Gasteiger charge is 2.41. The predicted molar refractivity (Wildman–Crippen MR) is 251 cm³/mol. The number of ketones is 2. The third-order valence-corrected chi connectivity index (χ3v) is 11.0. The fourth-order valence-electron chi connectivity index (χ4n) is 7.96. The van der Waals surface area contributed by atoms with Gasteiger partial charge in [-0.3, -0.25) is 28.8 Å². The molecular formula is C53H63N3O11. The molecule has 0 saturated carbocycles. The number of methoxy groups -OCH3 is 2. The normalized spacial score (nSPS) is 15.7. The average molecular weight is 918 g/mol. The zero-order valence-corrected chi connectivity index (χ0v) is 39.6. The first-order valence-electron chi connectivity index (χ1n) is 22.4. The van der Waals surface area contributed by atoms with Crippen molar-refractivity contribution in [1.82, 2.24) is 14.7 Å². The molecule has 4 aromatic rings. The van der Waals surface area contributed by atoms with E-state index < -0.39 is 41.5 Å². The number of nitrogens with zero attached hydrogens (tertiary/aromatic N) is 3. The van der Waals surface area contributed by atoms with Gasteiger partial charge in [-0.1, -0.05) is 121 Å². The third-order valence-electron chi connectivity index (χ3n) is 11.0. The summed E-state index contributed by atoms with van der Waals surface area (Å²) in [6.45, 7) is 9.04. The summed E-state index contributed by atoms with van der Waals surface area (Å²) in [5, 5.41) is 0. The second-order valence-corrected chi connectivity index (χ2v) is 17.3. The molecule has 6 rings (SSSR count). The van der Waals surface area contributed by atoms with Crippen molar-refractivity contribution >= 4 is 47.2 Å². The van der Waals surface area contributed by atoms with E-state index in [0.717, 1.165) is 35.1 Å². The van der Waals surface area contributed by atoms with Gasteiger partial charge in [0.05, 0.1) is 39.0 Å². The number of likely N-dealkylation sites (tertiary alicyclic amines) is 1. The highest BCUT2D eigenvalue weighted by molar-refractivity contribution is 5.98. The Morgan fingerprint density at radius 2 is 0.925 bits per heavy atom. The van der Waals surface area contributed by atoms with Crippen molar-refractivity contribution in [2.45, 2.75) is 96.2 Å². The molecule has 2 aliphatic rings. The van der Waals surface area contributed by atoms with E-state index in [0.29, 0.717) is 13.0 Å². The second kappa shape index (κ2) is 25.7. The van der Waals surface area contributed by atoms with Crippen molar-refractivity contribution in [2.75, 3.05) is 40.4 Å². The summed E-state index contributed by atoms with van der Waals surface area (Å²) in [7, 11) is 2.64. The summed E-state index contributed by atoms with van der Waals surface area (Å²) in [6, 6.07) is 36.8. The first-order valence-corrected chi connectivity index (χ1v) is 22.4. The molecule has 14 heteroatoms. The summed E-state index contributed by atoms with van der Waals surface area (Å²) in [5.74, 6) is -3.39. The van der Waals surface area contributed by atoms with Gasteiger partial charge in [-0.2, -0.15) is 0 Å². The Bertz CT molecular complexity index is 2200. The van der Waals surface area contributed by atoms with Crippen LogP contribution in [0.3, 0.4) is 0 Å². The lowest BCUT2D eigenvalue weighted by atomic mass is 9.88. The monoisotopic (exact) mass is 917 g/mol. The van der Waals surface area contributed by atoms with Crippen LogP contribution in [0.15, 0.2) is 121 Å². The average Bonchev–Trinajstić information content (AvgIpc) is 3.31. The van der Waals surface area contributed by atoms with Crippen LogP contribution in [0.5, 0.6) is 0 Å². The van der Waals surface area contributed by atoms with Crippen molar-refractivity contribution in [1.29, 1.82) is 0 Å². The minimum absolute atomic E-state index is 0.000819. The molecule has 14 nitrogen and oxygen atoms in total. The minimum atomic E-state index is -0.933. The van der Waals surface area contributed by atoms with Crippen molar-refractivity contribution in [3.8, 4) is 0 Å². The van der Waals surface area contributed by atoms with Gasteiger partial charge in [0, 0.05) is 19.6 Å². The van der Waals surface area contributed by atoms with E-state index >= 15 is 0 Å². The van der Waals surface area contributed by atoms with E-state index in [-0.39, 0.29) is 67.7 Å². The van der Waals surface area contributed by atoms with Gasteiger partial charge < -0.3 is 28.9 Å². The number of Topliss-reactive ketones (excluding diaryl/α,β-unsaturated/α-hetero) is 2. The summed E-state index contributed by atoms with van der Waals surface area (Å²) < 4.78 is 14.7. The Hall–Kier alpha value is -6.96. The maximum atomic E-state index is 13.7. The summed E-state index contributed by atoms with van der Waals surface area (Å²) in [4.78, 5) is 102. The van der Waals surface area contributed by atoms with Crippen LogP contribution in [0.4, 0.5) is 0 Å². The number of hydrogen-bond donors (Lipinski definition) is 0. The van der Waals surface area contributed by atoms with Crippen LogP contribution in [-0.2, 0) is 52.6 Å². The number of rotatable bonds is 12. The zero-order valence-electron chi connectivity index (χ0n) is 39.6. The Morgan fingerprint density at radius 1 is 0.537 bits per heavy atom. The molecule has 356 valence electrons. The van der Waals surface area contributed by atoms with E-state index in [1.165, 1.54) is 37.9 Å². The molecule has 4 aromatic carbocycles. The molecule has 0 bridgehead atoms. The van der Waals surface area contributed by atoms with E-state index in [4.69, 9.17) is 14.2 Å². The van der Waals surface area contributed by atoms with Crippen molar-refractivity contribution in [3.63, 3.8) is 0 Å². The van der Waals surface area contributed by atoms with Gasteiger partial charge >= 0.3 is 17.9 Å². The first-order chi connectivity index (χ1) is 31.9. The number of ether oxygens (including phenoxy) is 3. The number of amides is 3. The molecule has 2 atom stereocenters. The molecule has 67 heavy (non-hydrogen) atoms. The van der Waals surface area contributed by atoms with Gasteiger partial charge in [0.25, 0.3) is 0 Å². The molecule has 2 fully saturated rings. The number of piperazine rings is 1. The van der Waals surface area contributed by atoms with E-state index in [9.17, 15) is 38.4 Å². The zero-order chi connectivity index (χ0) is 49.1. The van der Waals surface area contributed by atoms with E-state index in [1.807, 2.05) is 121 Å². The van der Waals surface area contributed by atoms with E-state index in [1.54, 1.807) is 25.7 Å². The van der Waals surface area contributed by atoms with Crippen molar-refractivity contribution < 1.29 is 52.6 Å². The number of esters is 3. The topological polar surface area (TPSA) is 174 Å². The van der Waals surface area contributed by atoms with Gasteiger partial charge in [0.15, 0.2) is 0 Å². The molecule has 0 spiro atoms. The quantitative estimate of drug-likeness (QED) is 0.0842. The number of carbonyl (C=O) groups is 8. The fourth-order valence-corrected chi connectivity index (χ4v) is 7.96. The van der Waals surface area contributed by atoms with Crippen LogP contribution < -0.4 is 0 Å². The van der Waals surface area contributed by atoms with Crippen LogP contribution in [0, 0.1) is 0 Å². The smallest absolute Gasteiger partial charge is 0.330 e. The Morgan fingerprint density at radius 3 is 1.30 bits per heavy atom. The summed E-state index contributed by atoms with van der Waals surface area (Å²) >= 11 is 0. The lowest BCUT2D eigenvalue weighted by Crippen LogP contribution is -2.60. The standard InChI is InChI=1S/C24H26N2O5.C21H23NO3.C8H14O3/c1-17(27)15-21(28)25-13-14-26(20(16-25)24(30)31-2)23(29)22(18-9-5-3-6-10-18)19-11-7-4-8-12-19;1-25-21(24)18-14-8-9-15-22(18)20(23)19(16-10-4-2-5-11-16)17-12-6-3-7-13-17;1-6(9)5-7(10)11-8(2,3)4/h3-12,20,22H,13-16H2,1-2H3;2-7,10-13,18-19H,8-9,14-15H2,1H3;5H2,1-4H3/t20-;18-;/m00./s1. The summed E-state index contributed by atoms with van der Waals surface area (Å²) in [5.41, 5.74) is 3.02.